The smallest absolute Gasteiger partial charge is 0.0781 e. The topological polar surface area (TPSA) is 35.2 Å². The Morgan fingerprint density at radius 3 is 3.09 bits per heavy atom. The van der Waals surface area contributed by atoms with Crippen molar-refractivity contribution in [2.24, 2.45) is 5.73 Å². The lowest BCUT2D eigenvalue weighted by atomic mass is 9.92. The normalized spacial score (nSPS) is 29.3. The zero-order valence-corrected chi connectivity index (χ0v) is 7.18. The molecule has 1 saturated carbocycles. The SMILES string of the molecule is COC1CCCC/C1=C\CN. The van der Waals surface area contributed by atoms with Crippen LogP contribution >= 0.6 is 0 Å². The highest BCUT2D eigenvalue weighted by Crippen LogP contribution is 2.25. The third-order valence-electron chi connectivity index (χ3n) is 2.26. The Morgan fingerprint density at radius 1 is 1.64 bits per heavy atom. The van der Waals surface area contributed by atoms with Crippen molar-refractivity contribution < 1.29 is 4.74 Å². The van der Waals surface area contributed by atoms with Crippen LogP contribution in [0.15, 0.2) is 11.6 Å². The van der Waals surface area contributed by atoms with Gasteiger partial charge in [-0.3, -0.25) is 0 Å². The molecule has 1 fully saturated rings. The maximum atomic E-state index is 5.44. The summed E-state index contributed by atoms with van der Waals surface area (Å²) in [5.74, 6) is 0. The molecule has 0 bridgehead atoms. The predicted molar refractivity (Wildman–Crippen MR) is 46.4 cm³/mol. The average molecular weight is 155 g/mol. The van der Waals surface area contributed by atoms with Gasteiger partial charge in [0.1, 0.15) is 0 Å². The minimum atomic E-state index is 0.354. The fourth-order valence-electron chi connectivity index (χ4n) is 1.66. The Morgan fingerprint density at radius 2 is 2.45 bits per heavy atom. The van der Waals surface area contributed by atoms with E-state index in [4.69, 9.17) is 10.5 Å². The van der Waals surface area contributed by atoms with Gasteiger partial charge in [0.25, 0.3) is 0 Å². The van der Waals surface area contributed by atoms with Gasteiger partial charge in [-0.1, -0.05) is 12.5 Å². The van der Waals surface area contributed by atoms with Gasteiger partial charge in [-0.05, 0) is 24.8 Å². The highest BCUT2D eigenvalue weighted by atomic mass is 16.5. The van der Waals surface area contributed by atoms with Gasteiger partial charge in [0.2, 0.25) is 0 Å². The molecule has 1 unspecified atom stereocenters. The molecule has 0 aromatic carbocycles. The molecule has 1 rings (SSSR count). The summed E-state index contributed by atoms with van der Waals surface area (Å²) in [4.78, 5) is 0. The Balaban J connectivity index is 2.51. The van der Waals surface area contributed by atoms with Crippen molar-refractivity contribution in [1.29, 1.82) is 0 Å². The third kappa shape index (κ3) is 2.31. The monoisotopic (exact) mass is 155 g/mol. The van der Waals surface area contributed by atoms with Crippen LogP contribution < -0.4 is 5.73 Å². The lowest BCUT2D eigenvalue weighted by Gasteiger charge is -2.23. The molecule has 0 aromatic heterocycles. The van der Waals surface area contributed by atoms with Crippen molar-refractivity contribution in [2.75, 3.05) is 13.7 Å². The summed E-state index contributed by atoms with van der Waals surface area (Å²) >= 11 is 0. The van der Waals surface area contributed by atoms with Crippen molar-refractivity contribution in [3.63, 3.8) is 0 Å². The quantitative estimate of drug-likeness (QED) is 0.613. The molecule has 0 aliphatic heterocycles. The standard InChI is InChI=1S/C9H17NO/c1-11-9-5-3-2-4-8(9)6-7-10/h6,9H,2-5,7,10H2,1H3/b8-6+. The minimum Gasteiger partial charge on any atom is -0.377 e. The number of ether oxygens (including phenoxy) is 1. The molecule has 1 aliphatic rings. The van der Waals surface area contributed by atoms with E-state index in [2.05, 4.69) is 6.08 Å². The molecular weight excluding hydrogens is 138 g/mol. The molecule has 0 saturated heterocycles. The van der Waals surface area contributed by atoms with Crippen LogP contribution in [0.1, 0.15) is 25.7 Å². The predicted octanol–water partition coefficient (Wildman–Crippen LogP) is 1.46. The first-order valence-corrected chi connectivity index (χ1v) is 4.30. The number of hydrogen-bond acceptors (Lipinski definition) is 2. The van der Waals surface area contributed by atoms with Gasteiger partial charge < -0.3 is 10.5 Å². The molecular formula is C9H17NO. The van der Waals surface area contributed by atoms with Crippen molar-refractivity contribution in [3.8, 4) is 0 Å². The lowest BCUT2D eigenvalue weighted by Crippen LogP contribution is -2.19. The van der Waals surface area contributed by atoms with Crippen molar-refractivity contribution >= 4 is 0 Å². The molecule has 64 valence electrons. The molecule has 11 heavy (non-hydrogen) atoms. The Bertz CT molecular complexity index is 142. The molecule has 1 atom stereocenters. The van der Waals surface area contributed by atoms with Crippen LogP contribution in [0.4, 0.5) is 0 Å². The molecule has 2 N–H and O–H groups in total. The average Bonchev–Trinajstić information content (AvgIpc) is 2.06. The van der Waals surface area contributed by atoms with Gasteiger partial charge in [-0.25, -0.2) is 0 Å². The summed E-state index contributed by atoms with van der Waals surface area (Å²) in [6.45, 7) is 0.648. The van der Waals surface area contributed by atoms with Crippen LogP contribution in [0.3, 0.4) is 0 Å². The molecule has 0 spiro atoms. The second kappa shape index (κ2) is 4.52. The summed E-state index contributed by atoms with van der Waals surface area (Å²) in [6.07, 6.45) is 7.39. The van der Waals surface area contributed by atoms with Gasteiger partial charge in [0.05, 0.1) is 6.10 Å². The highest BCUT2D eigenvalue weighted by molar-refractivity contribution is 5.11. The van der Waals surface area contributed by atoms with Gasteiger partial charge in [0.15, 0.2) is 0 Å². The lowest BCUT2D eigenvalue weighted by molar-refractivity contribution is 0.109. The molecule has 2 nitrogen and oxygen atoms in total. The van der Waals surface area contributed by atoms with E-state index in [1.54, 1.807) is 7.11 Å². The van der Waals surface area contributed by atoms with Crippen molar-refractivity contribution in [2.45, 2.75) is 31.8 Å². The maximum absolute atomic E-state index is 5.44. The zero-order chi connectivity index (χ0) is 8.10. The van der Waals surface area contributed by atoms with Gasteiger partial charge in [-0.2, -0.15) is 0 Å². The zero-order valence-electron chi connectivity index (χ0n) is 7.18. The summed E-state index contributed by atoms with van der Waals surface area (Å²) in [7, 11) is 1.78. The Kier molecular flexibility index (Phi) is 3.60. The molecule has 2 heteroatoms. The first-order chi connectivity index (χ1) is 5.38. The number of methoxy groups -OCH3 is 1. The van der Waals surface area contributed by atoms with Gasteiger partial charge >= 0.3 is 0 Å². The molecule has 1 aliphatic carbocycles. The first-order valence-electron chi connectivity index (χ1n) is 4.30. The van der Waals surface area contributed by atoms with E-state index in [0.717, 1.165) is 0 Å². The summed E-state index contributed by atoms with van der Waals surface area (Å²) in [6, 6.07) is 0. The van der Waals surface area contributed by atoms with Gasteiger partial charge in [0, 0.05) is 13.7 Å². The van der Waals surface area contributed by atoms with E-state index >= 15 is 0 Å². The van der Waals surface area contributed by atoms with Crippen LogP contribution in [0.2, 0.25) is 0 Å². The second-order valence-electron chi connectivity index (χ2n) is 2.98. The fourth-order valence-corrected chi connectivity index (χ4v) is 1.66. The summed E-state index contributed by atoms with van der Waals surface area (Å²) in [5, 5.41) is 0. The van der Waals surface area contributed by atoms with Crippen LogP contribution in [-0.2, 0) is 4.74 Å². The minimum absolute atomic E-state index is 0.354. The molecule has 0 heterocycles. The van der Waals surface area contributed by atoms with E-state index in [-0.39, 0.29) is 0 Å². The fraction of sp³-hybridized carbons (Fsp3) is 0.778. The van der Waals surface area contributed by atoms with Crippen LogP contribution in [0.25, 0.3) is 0 Å². The van der Waals surface area contributed by atoms with E-state index in [1.807, 2.05) is 0 Å². The molecule has 0 radical (unpaired) electrons. The van der Waals surface area contributed by atoms with E-state index in [1.165, 1.54) is 31.3 Å². The summed E-state index contributed by atoms with van der Waals surface area (Å²) in [5.41, 5.74) is 6.85. The van der Waals surface area contributed by atoms with E-state index in [0.29, 0.717) is 12.6 Å². The number of hydrogen-bond donors (Lipinski definition) is 1. The van der Waals surface area contributed by atoms with Crippen LogP contribution in [0, 0.1) is 0 Å². The first kappa shape index (κ1) is 8.75. The third-order valence-corrected chi connectivity index (χ3v) is 2.26. The van der Waals surface area contributed by atoms with Gasteiger partial charge in [-0.15, -0.1) is 0 Å². The largest absolute Gasteiger partial charge is 0.377 e. The van der Waals surface area contributed by atoms with Crippen molar-refractivity contribution in [3.05, 3.63) is 11.6 Å². The molecule has 0 amide bonds. The summed E-state index contributed by atoms with van der Waals surface area (Å²) < 4.78 is 5.33. The van der Waals surface area contributed by atoms with E-state index in [9.17, 15) is 0 Å². The van der Waals surface area contributed by atoms with Crippen LogP contribution in [-0.4, -0.2) is 19.8 Å². The Labute approximate surface area is 68.4 Å². The molecule has 0 aromatic rings. The highest BCUT2D eigenvalue weighted by Gasteiger charge is 2.16. The Hall–Kier alpha value is -0.340. The van der Waals surface area contributed by atoms with Crippen molar-refractivity contribution in [1.82, 2.24) is 0 Å². The van der Waals surface area contributed by atoms with E-state index < -0.39 is 0 Å². The number of nitrogens with two attached hydrogens (primary N) is 1. The second-order valence-corrected chi connectivity index (χ2v) is 2.98. The van der Waals surface area contributed by atoms with Crippen LogP contribution in [0.5, 0.6) is 0 Å². The number of rotatable bonds is 2. The maximum Gasteiger partial charge on any atom is 0.0781 e.